The number of amides is 1. The highest BCUT2D eigenvalue weighted by molar-refractivity contribution is 5.94. The van der Waals surface area contributed by atoms with E-state index < -0.39 is 17.4 Å². The molecule has 1 unspecified atom stereocenters. The Morgan fingerprint density at radius 2 is 2.19 bits per heavy atom. The summed E-state index contributed by atoms with van der Waals surface area (Å²) < 4.78 is 0. The van der Waals surface area contributed by atoms with Gasteiger partial charge in [0.1, 0.15) is 11.4 Å². The van der Waals surface area contributed by atoms with Gasteiger partial charge < -0.3 is 10.4 Å². The van der Waals surface area contributed by atoms with Crippen molar-refractivity contribution in [1.29, 1.82) is 0 Å². The number of hydrogen-bond donors (Lipinski definition) is 3. The Hall–Kier alpha value is -1.92. The third-order valence-electron chi connectivity index (χ3n) is 2.37. The molecule has 1 heterocycles. The molecule has 0 saturated carbocycles. The molecule has 1 aromatic heterocycles. The van der Waals surface area contributed by atoms with E-state index in [1.807, 2.05) is 0 Å². The lowest BCUT2D eigenvalue weighted by Gasteiger charge is -2.23. The summed E-state index contributed by atoms with van der Waals surface area (Å²) in [5, 5.41) is 17.5. The van der Waals surface area contributed by atoms with E-state index in [1.165, 1.54) is 6.92 Å². The number of nitrogens with zero attached hydrogens (tertiary/aromatic N) is 2. The maximum atomic E-state index is 11.6. The van der Waals surface area contributed by atoms with Gasteiger partial charge >= 0.3 is 5.97 Å². The van der Waals surface area contributed by atoms with Gasteiger partial charge in [0.2, 0.25) is 5.82 Å². The van der Waals surface area contributed by atoms with E-state index in [0.29, 0.717) is 5.82 Å². The monoisotopic (exact) mass is 226 g/mol. The second-order valence-electron chi connectivity index (χ2n) is 3.69. The van der Waals surface area contributed by atoms with Crippen LogP contribution in [0.3, 0.4) is 0 Å². The summed E-state index contributed by atoms with van der Waals surface area (Å²) in [6.07, 6.45) is 0.275. The maximum absolute atomic E-state index is 11.6. The zero-order chi connectivity index (χ0) is 12.3. The molecule has 1 rings (SSSR count). The Bertz CT molecular complexity index is 415. The minimum Gasteiger partial charge on any atom is -0.480 e. The van der Waals surface area contributed by atoms with Crippen molar-refractivity contribution in [3.63, 3.8) is 0 Å². The molecule has 0 fully saturated rings. The van der Waals surface area contributed by atoms with Gasteiger partial charge in [0, 0.05) is 0 Å². The predicted octanol–water partition coefficient (Wildman–Crippen LogP) is 0.0962. The van der Waals surface area contributed by atoms with Crippen LogP contribution in [0, 0.1) is 6.92 Å². The fraction of sp³-hybridized carbons (Fsp3) is 0.556. The number of hydrogen-bond acceptors (Lipinski definition) is 4. The van der Waals surface area contributed by atoms with E-state index in [-0.39, 0.29) is 12.2 Å². The van der Waals surface area contributed by atoms with Gasteiger partial charge in [-0.05, 0) is 20.3 Å². The predicted molar refractivity (Wildman–Crippen MR) is 54.9 cm³/mol. The average molecular weight is 226 g/mol. The summed E-state index contributed by atoms with van der Waals surface area (Å²) in [5.41, 5.74) is -1.30. The molecule has 16 heavy (non-hydrogen) atoms. The first kappa shape index (κ1) is 12.2. The molecule has 0 aliphatic heterocycles. The summed E-state index contributed by atoms with van der Waals surface area (Å²) >= 11 is 0. The smallest absolute Gasteiger partial charge is 0.329 e. The van der Waals surface area contributed by atoms with Crippen molar-refractivity contribution in [1.82, 2.24) is 20.5 Å². The van der Waals surface area contributed by atoms with Gasteiger partial charge in [-0.2, -0.15) is 0 Å². The van der Waals surface area contributed by atoms with Crippen LogP contribution in [-0.2, 0) is 4.79 Å². The molecule has 1 aromatic rings. The van der Waals surface area contributed by atoms with Gasteiger partial charge in [-0.3, -0.25) is 9.89 Å². The Morgan fingerprint density at radius 1 is 1.56 bits per heavy atom. The lowest BCUT2D eigenvalue weighted by molar-refractivity contribution is -0.143. The summed E-state index contributed by atoms with van der Waals surface area (Å²) in [6, 6.07) is 0. The van der Waals surface area contributed by atoms with E-state index >= 15 is 0 Å². The fourth-order valence-corrected chi connectivity index (χ4v) is 1.04. The molecule has 0 spiro atoms. The quantitative estimate of drug-likeness (QED) is 0.674. The Kier molecular flexibility index (Phi) is 3.26. The van der Waals surface area contributed by atoms with Crippen LogP contribution in [0.4, 0.5) is 0 Å². The molecule has 0 saturated heterocycles. The summed E-state index contributed by atoms with van der Waals surface area (Å²) in [5.74, 6) is -1.25. The van der Waals surface area contributed by atoms with Gasteiger partial charge in [-0.25, -0.2) is 9.78 Å². The van der Waals surface area contributed by atoms with Gasteiger partial charge in [-0.15, -0.1) is 5.10 Å². The van der Waals surface area contributed by atoms with Gasteiger partial charge in [0.25, 0.3) is 5.91 Å². The zero-order valence-corrected chi connectivity index (χ0v) is 9.37. The molecule has 7 heteroatoms. The summed E-state index contributed by atoms with van der Waals surface area (Å²) in [7, 11) is 0. The second-order valence-corrected chi connectivity index (χ2v) is 3.69. The van der Waals surface area contributed by atoms with Crippen LogP contribution in [0.2, 0.25) is 0 Å². The van der Waals surface area contributed by atoms with Gasteiger partial charge in [0.15, 0.2) is 0 Å². The molecule has 1 atom stereocenters. The second kappa shape index (κ2) is 4.30. The molecule has 88 valence electrons. The first-order chi connectivity index (χ1) is 7.39. The molecule has 0 aromatic carbocycles. The molecule has 0 aliphatic rings. The number of carboxylic acids is 1. The van der Waals surface area contributed by atoms with Crippen LogP contribution in [0.5, 0.6) is 0 Å². The minimum absolute atomic E-state index is 0.0570. The molecule has 3 N–H and O–H groups in total. The van der Waals surface area contributed by atoms with E-state index in [9.17, 15) is 9.59 Å². The van der Waals surface area contributed by atoms with E-state index in [1.54, 1.807) is 13.8 Å². The molecule has 0 aliphatic carbocycles. The Labute approximate surface area is 92.3 Å². The number of rotatable bonds is 4. The number of aliphatic carboxylic acids is 1. The number of carboxylic acid groups (broad SMARTS) is 1. The number of aromatic amines is 1. The van der Waals surface area contributed by atoms with E-state index in [0.717, 1.165) is 0 Å². The van der Waals surface area contributed by atoms with Crippen LogP contribution < -0.4 is 5.32 Å². The highest BCUT2D eigenvalue weighted by atomic mass is 16.4. The maximum Gasteiger partial charge on any atom is 0.329 e. The lowest BCUT2D eigenvalue weighted by Crippen LogP contribution is -2.51. The highest BCUT2D eigenvalue weighted by Crippen LogP contribution is 2.09. The third kappa shape index (κ3) is 2.36. The number of H-pyrrole nitrogens is 1. The molecule has 1 amide bonds. The minimum atomic E-state index is -1.30. The molecule has 0 bridgehead atoms. The van der Waals surface area contributed by atoms with Crippen molar-refractivity contribution >= 4 is 11.9 Å². The molecule has 7 nitrogen and oxygen atoms in total. The molecule has 0 radical (unpaired) electrons. The van der Waals surface area contributed by atoms with Gasteiger partial charge in [0.05, 0.1) is 0 Å². The van der Waals surface area contributed by atoms with Crippen LogP contribution in [0.25, 0.3) is 0 Å². The van der Waals surface area contributed by atoms with Crippen molar-refractivity contribution in [3.8, 4) is 0 Å². The molecular formula is C9H14N4O3. The average Bonchev–Trinajstić information content (AvgIpc) is 2.64. The number of nitrogens with one attached hydrogen (secondary N) is 2. The lowest BCUT2D eigenvalue weighted by atomic mass is 9.99. The van der Waals surface area contributed by atoms with Crippen molar-refractivity contribution in [2.75, 3.05) is 0 Å². The Morgan fingerprint density at radius 3 is 2.56 bits per heavy atom. The van der Waals surface area contributed by atoms with Crippen LogP contribution >= 0.6 is 0 Å². The van der Waals surface area contributed by atoms with Crippen molar-refractivity contribution in [2.24, 2.45) is 0 Å². The van der Waals surface area contributed by atoms with Crippen LogP contribution in [0.15, 0.2) is 0 Å². The van der Waals surface area contributed by atoms with Crippen LogP contribution in [0.1, 0.15) is 36.7 Å². The number of carbonyl (C=O) groups is 2. The highest BCUT2D eigenvalue weighted by Gasteiger charge is 2.33. The van der Waals surface area contributed by atoms with E-state index in [2.05, 4.69) is 20.5 Å². The summed E-state index contributed by atoms with van der Waals surface area (Å²) in [4.78, 5) is 26.4. The largest absolute Gasteiger partial charge is 0.480 e. The summed E-state index contributed by atoms with van der Waals surface area (Å²) in [6.45, 7) is 4.77. The van der Waals surface area contributed by atoms with E-state index in [4.69, 9.17) is 5.11 Å². The van der Waals surface area contributed by atoms with Crippen LogP contribution in [-0.4, -0.2) is 37.7 Å². The zero-order valence-electron chi connectivity index (χ0n) is 9.37. The van der Waals surface area contributed by atoms with Crippen molar-refractivity contribution in [3.05, 3.63) is 11.6 Å². The normalized spacial score (nSPS) is 14.2. The number of carbonyl (C=O) groups excluding carboxylic acids is 1. The topological polar surface area (TPSA) is 108 Å². The first-order valence-electron chi connectivity index (χ1n) is 4.84. The third-order valence-corrected chi connectivity index (χ3v) is 2.37. The first-order valence-corrected chi connectivity index (χ1v) is 4.84. The molecular weight excluding hydrogens is 212 g/mol. The van der Waals surface area contributed by atoms with Crippen molar-refractivity contribution in [2.45, 2.75) is 32.7 Å². The fourth-order valence-electron chi connectivity index (χ4n) is 1.04. The van der Waals surface area contributed by atoms with Gasteiger partial charge in [-0.1, -0.05) is 6.92 Å². The standard InChI is InChI=1S/C9H14N4O3/c1-4-9(3,8(15)16)11-7(14)6-10-5(2)12-13-6/h4H2,1-3H3,(H,11,14)(H,15,16)(H,10,12,13). The number of aromatic nitrogens is 3. The SMILES string of the molecule is CCC(C)(NC(=O)c1n[nH]c(C)n1)C(=O)O. The van der Waals surface area contributed by atoms with Crippen molar-refractivity contribution < 1.29 is 14.7 Å². The Balaban J connectivity index is 2.81. The number of aryl methyl sites for hydroxylation is 1.